The second-order valence-corrected chi connectivity index (χ2v) is 4.08. The fourth-order valence-electron chi connectivity index (χ4n) is 2.05. The molecule has 0 bridgehead atoms. The normalized spacial score (nSPS) is 27.7. The smallest absolute Gasteiger partial charge is 0.167 e. The molecule has 0 radical (unpaired) electrons. The van der Waals surface area contributed by atoms with Crippen LogP contribution in [0.3, 0.4) is 0 Å². The molecule has 0 aromatic carbocycles. The third kappa shape index (κ3) is 1.54. The van der Waals surface area contributed by atoms with Crippen LogP contribution in [0.2, 0.25) is 0 Å². The van der Waals surface area contributed by atoms with Gasteiger partial charge in [0.25, 0.3) is 0 Å². The van der Waals surface area contributed by atoms with Gasteiger partial charge in [-0.05, 0) is 0 Å². The summed E-state index contributed by atoms with van der Waals surface area (Å²) in [6, 6.07) is 0. The second-order valence-electron chi connectivity index (χ2n) is 4.08. The van der Waals surface area contributed by atoms with Gasteiger partial charge < -0.3 is 20.4 Å². The Morgan fingerprint density at radius 2 is 2.33 bits per heavy atom. The maximum Gasteiger partial charge on any atom is 0.167 e. The van der Waals surface area contributed by atoms with E-state index in [0.29, 0.717) is 23.9 Å². The lowest BCUT2D eigenvalue weighted by Gasteiger charge is -2.11. The molecule has 3 atom stereocenters. The van der Waals surface area contributed by atoms with Crippen LogP contribution in [-0.4, -0.2) is 43.1 Å². The van der Waals surface area contributed by atoms with Crippen molar-refractivity contribution in [1.29, 1.82) is 0 Å². The number of aromatic nitrogens is 4. The summed E-state index contributed by atoms with van der Waals surface area (Å²) in [6.07, 6.45) is 1.63. The molecule has 0 spiro atoms. The van der Waals surface area contributed by atoms with Crippen molar-refractivity contribution >= 4 is 23.3 Å². The minimum absolute atomic E-state index is 0.282. The number of nitrogens with two attached hydrogens (primary N) is 1. The first-order valence-electron chi connectivity index (χ1n) is 5.42. The van der Waals surface area contributed by atoms with Gasteiger partial charge in [0.1, 0.15) is 24.2 Å². The van der Waals surface area contributed by atoms with E-state index in [1.54, 1.807) is 4.57 Å². The Bertz CT molecular complexity index is 598. The molecule has 3 N–H and O–H groups in total. The molecular weight excluding hydrogens is 238 g/mol. The molecule has 1 aliphatic heterocycles. The number of fused-ring (bicyclic) bond motifs is 1. The van der Waals surface area contributed by atoms with Crippen LogP contribution >= 0.6 is 0 Å². The van der Waals surface area contributed by atoms with Gasteiger partial charge in [-0.25, -0.2) is 15.0 Å². The van der Waals surface area contributed by atoms with Gasteiger partial charge in [0, 0.05) is 6.42 Å². The number of carbonyl (C=O) groups excluding carboxylic acids is 1. The summed E-state index contributed by atoms with van der Waals surface area (Å²) in [6.45, 7) is 0. The standard InChI is InChI=1S/C10H11N5O3/c11-9-8-10(13-3-12-9)15(4-14-8)7-1-5(17)6(2-16)18-7/h2-7,17H,1H2,(H2,11,12,13)/t5-,6+,7+/m0/s1. The van der Waals surface area contributed by atoms with E-state index < -0.39 is 18.4 Å². The molecule has 8 heteroatoms. The molecule has 1 saturated heterocycles. The van der Waals surface area contributed by atoms with Crippen LogP contribution < -0.4 is 5.73 Å². The monoisotopic (exact) mass is 249 g/mol. The van der Waals surface area contributed by atoms with Crippen molar-refractivity contribution in [2.45, 2.75) is 24.9 Å². The Balaban J connectivity index is 2.01. The highest BCUT2D eigenvalue weighted by atomic mass is 16.5. The number of aliphatic hydroxyl groups is 1. The number of rotatable bonds is 2. The number of imidazole rings is 1. The van der Waals surface area contributed by atoms with Gasteiger partial charge in [0.2, 0.25) is 0 Å². The molecule has 1 fully saturated rings. The number of carbonyl (C=O) groups is 1. The number of anilines is 1. The van der Waals surface area contributed by atoms with Crippen LogP contribution in [0.1, 0.15) is 12.6 Å². The summed E-state index contributed by atoms with van der Waals surface area (Å²) < 4.78 is 7.06. The fourth-order valence-corrected chi connectivity index (χ4v) is 2.05. The van der Waals surface area contributed by atoms with Gasteiger partial charge in [-0.1, -0.05) is 0 Å². The molecule has 18 heavy (non-hydrogen) atoms. The number of nitrogens with zero attached hydrogens (tertiary/aromatic N) is 4. The van der Waals surface area contributed by atoms with E-state index in [4.69, 9.17) is 10.5 Å². The quantitative estimate of drug-likeness (QED) is 0.673. The van der Waals surface area contributed by atoms with Crippen LogP contribution in [0.4, 0.5) is 5.82 Å². The predicted octanol–water partition coefficient (Wildman–Crippen LogP) is -0.744. The lowest BCUT2D eigenvalue weighted by Crippen LogP contribution is -2.21. The first-order valence-corrected chi connectivity index (χ1v) is 5.42. The van der Waals surface area contributed by atoms with E-state index in [0.717, 1.165) is 0 Å². The van der Waals surface area contributed by atoms with Gasteiger partial charge in [0.05, 0.1) is 12.4 Å². The summed E-state index contributed by atoms with van der Waals surface area (Å²) in [5, 5.41) is 9.64. The van der Waals surface area contributed by atoms with E-state index in [2.05, 4.69) is 15.0 Å². The van der Waals surface area contributed by atoms with Gasteiger partial charge in [-0.2, -0.15) is 0 Å². The summed E-state index contributed by atoms with van der Waals surface area (Å²) in [5.74, 6) is 0.282. The highest BCUT2D eigenvalue weighted by Crippen LogP contribution is 2.30. The van der Waals surface area contributed by atoms with E-state index in [1.807, 2.05) is 0 Å². The molecule has 3 heterocycles. The lowest BCUT2D eigenvalue weighted by molar-refractivity contribution is -0.122. The molecule has 0 amide bonds. The number of aldehydes is 1. The third-order valence-electron chi connectivity index (χ3n) is 2.97. The number of hydrogen-bond acceptors (Lipinski definition) is 7. The van der Waals surface area contributed by atoms with Crippen molar-refractivity contribution < 1.29 is 14.6 Å². The van der Waals surface area contributed by atoms with Crippen molar-refractivity contribution in [3.8, 4) is 0 Å². The first-order chi connectivity index (χ1) is 8.70. The predicted molar refractivity (Wildman–Crippen MR) is 60.3 cm³/mol. The van der Waals surface area contributed by atoms with Crippen molar-refractivity contribution in [2.24, 2.45) is 0 Å². The maximum absolute atomic E-state index is 10.7. The Kier molecular flexibility index (Phi) is 2.46. The SMILES string of the molecule is Nc1ncnc2c1ncn2[C@H]1C[C@H](O)[C@@H](C=O)O1. The highest BCUT2D eigenvalue weighted by Gasteiger charge is 2.35. The van der Waals surface area contributed by atoms with Crippen molar-refractivity contribution in [1.82, 2.24) is 19.5 Å². The summed E-state index contributed by atoms with van der Waals surface area (Å²) in [4.78, 5) is 22.7. The molecule has 1 aliphatic rings. The zero-order chi connectivity index (χ0) is 12.7. The van der Waals surface area contributed by atoms with Crippen LogP contribution in [-0.2, 0) is 9.53 Å². The van der Waals surface area contributed by atoms with Crippen LogP contribution in [0.25, 0.3) is 11.2 Å². The molecule has 94 valence electrons. The van der Waals surface area contributed by atoms with E-state index in [1.165, 1.54) is 12.7 Å². The first kappa shape index (κ1) is 11.1. The Hall–Kier alpha value is -2.06. The Morgan fingerprint density at radius 1 is 1.50 bits per heavy atom. The summed E-state index contributed by atoms with van der Waals surface area (Å²) >= 11 is 0. The molecule has 0 saturated carbocycles. The number of ether oxygens (including phenoxy) is 1. The van der Waals surface area contributed by atoms with Gasteiger partial charge in [-0.15, -0.1) is 0 Å². The third-order valence-corrected chi connectivity index (χ3v) is 2.97. The van der Waals surface area contributed by atoms with Gasteiger partial charge >= 0.3 is 0 Å². The van der Waals surface area contributed by atoms with Crippen molar-refractivity contribution in [3.63, 3.8) is 0 Å². The van der Waals surface area contributed by atoms with Crippen LogP contribution in [0, 0.1) is 0 Å². The maximum atomic E-state index is 10.7. The van der Waals surface area contributed by atoms with Crippen LogP contribution in [0.5, 0.6) is 0 Å². The number of hydrogen-bond donors (Lipinski definition) is 2. The summed E-state index contributed by atoms with van der Waals surface area (Å²) in [5.41, 5.74) is 6.67. The molecular formula is C10H11N5O3. The zero-order valence-electron chi connectivity index (χ0n) is 9.30. The van der Waals surface area contributed by atoms with E-state index in [-0.39, 0.29) is 5.82 Å². The van der Waals surface area contributed by atoms with Gasteiger partial charge in [0.15, 0.2) is 17.8 Å². The minimum Gasteiger partial charge on any atom is -0.390 e. The molecule has 8 nitrogen and oxygen atoms in total. The second kappa shape index (κ2) is 4.00. The summed E-state index contributed by atoms with van der Waals surface area (Å²) in [7, 11) is 0. The van der Waals surface area contributed by atoms with Crippen molar-refractivity contribution in [2.75, 3.05) is 5.73 Å². The molecule has 3 rings (SSSR count). The molecule has 0 unspecified atom stereocenters. The van der Waals surface area contributed by atoms with Crippen molar-refractivity contribution in [3.05, 3.63) is 12.7 Å². The fraction of sp³-hybridized carbons (Fsp3) is 0.400. The van der Waals surface area contributed by atoms with Gasteiger partial charge in [-0.3, -0.25) is 4.57 Å². The highest BCUT2D eigenvalue weighted by molar-refractivity contribution is 5.81. The average Bonchev–Trinajstić information content (AvgIpc) is 2.93. The average molecular weight is 249 g/mol. The number of aliphatic hydroxyl groups excluding tert-OH is 1. The largest absolute Gasteiger partial charge is 0.390 e. The van der Waals surface area contributed by atoms with Crippen LogP contribution in [0.15, 0.2) is 12.7 Å². The number of nitrogen functional groups attached to an aromatic ring is 1. The topological polar surface area (TPSA) is 116 Å². The molecule has 2 aromatic rings. The zero-order valence-corrected chi connectivity index (χ0v) is 9.30. The van der Waals surface area contributed by atoms with E-state index in [9.17, 15) is 9.90 Å². The lowest BCUT2D eigenvalue weighted by atomic mass is 10.2. The molecule has 0 aliphatic carbocycles. The minimum atomic E-state index is -0.816. The van der Waals surface area contributed by atoms with E-state index >= 15 is 0 Å². The Morgan fingerprint density at radius 3 is 3.06 bits per heavy atom. The molecule has 2 aromatic heterocycles. The Labute approximate surface area is 101 Å².